The number of aromatic nitrogens is 2. The van der Waals surface area contributed by atoms with Crippen molar-refractivity contribution in [3.8, 4) is 0 Å². The van der Waals surface area contributed by atoms with Crippen molar-refractivity contribution in [3.05, 3.63) is 53.6 Å². The van der Waals surface area contributed by atoms with Gasteiger partial charge in [-0.3, -0.25) is 0 Å². The molecule has 0 saturated carbocycles. The number of imidazole rings is 1. The van der Waals surface area contributed by atoms with Crippen molar-refractivity contribution in [2.24, 2.45) is 0 Å². The van der Waals surface area contributed by atoms with Crippen molar-refractivity contribution >= 4 is 32.8 Å². The molecule has 10 heteroatoms. The largest absolute Gasteiger partial charge is 0.416 e. The zero-order valence-electron chi connectivity index (χ0n) is 18.3. The van der Waals surface area contributed by atoms with Crippen LogP contribution < -0.4 is 0 Å². The fourth-order valence-corrected chi connectivity index (χ4v) is 6.08. The van der Waals surface area contributed by atoms with Gasteiger partial charge >= 0.3 is 6.18 Å². The van der Waals surface area contributed by atoms with Crippen LogP contribution in [0.15, 0.2) is 52.5 Å². The molecule has 2 aromatic carbocycles. The van der Waals surface area contributed by atoms with E-state index in [9.17, 15) is 21.6 Å². The van der Waals surface area contributed by atoms with Gasteiger partial charge in [0.25, 0.3) is 0 Å². The first-order valence-electron chi connectivity index (χ1n) is 10.3. The molecule has 5 nitrogen and oxygen atoms in total. The Morgan fingerprint density at radius 2 is 1.78 bits per heavy atom. The number of halogens is 3. The number of nitrogens with zero attached hydrogens (tertiary/aromatic N) is 3. The van der Waals surface area contributed by atoms with Gasteiger partial charge in [-0.25, -0.2) is 13.4 Å². The molecular weight excluding hydrogens is 459 g/mol. The van der Waals surface area contributed by atoms with Crippen molar-refractivity contribution in [1.82, 2.24) is 13.9 Å². The molecule has 32 heavy (non-hydrogen) atoms. The highest BCUT2D eigenvalue weighted by atomic mass is 32.2. The molecule has 3 rings (SSSR count). The fraction of sp³-hybridized carbons (Fsp3) is 0.409. The maximum atomic E-state index is 13.0. The smallest absolute Gasteiger partial charge is 0.316 e. The maximum absolute atomic E-state index is 13.0. The van der Waals surface area contributed by atoms with Gasteiger partial charge in [-0.05, 0) is 43.7 Å². The number of rotatable bonds is 8. The van der Waals surface area contributed by atoms with Gasteiger partial charge in [0.05, 0.1) is 21.5 Å². The number of alkyl halides is 3. The second-order valence-corrected chi connectivity index (χ2v) is 10.5. The normalized spacial score (nSPS) is 12.9. The van der Waals surface area contributed by atoms with E-state index in [0.717, 1.165) is 17.6 Å². The summed E-state index contributed by atoms with van der Waals surface area (Å²) < 4.78 is 68.1. The molecule has 0 amide bonds. The van der Waals surface area contributed by atoms with Crippen LogP contribution >= 0.6 is 11.8 Å². The Morgan fingerprint density at radius 3 is 2.38 bits per heavy atom. The van der Waals surface area contributed by atoms with Gasteiger partial charge in [0.1, 0.15) is 0 Å². The summed E-state index contributed by atoms with van der Waals surface area (Å²) in [7, 11) is -3.62. The summed E-state index contributed by atoms with van der Waals surface area (Å²) in [4.78, 5) is 4.80. The molecule has 174 valence electrons. The molecule has 0 aliphatic rings. The predicted molar refractivity (Wildman–Crippen MR) is 121 cm³/mol. The van der Waals surface area contributed by atoms with Gasteiger partial charge in [-0.15, -0.1) is 0 Å². The first-order chi connectivity index (χ1) is 15.0. The molecule has 1 aromatic heterocycles. The monoisotopic (exact) mass is 485 g/mol. The Hall–Kier alpha value is -2.04. The van der Waals surface area contributed by atoms with Gasteiger partial charge in [-0.2, -0.15) is 17.5 Å². The van der Waals surface area contributed by atoms with Gasteiger partial charge in [-0.1, -0.05) is 43.8 Å². The van der Waals surface area contributed by atoms with Crippen LogP contribution in [0.2, 0.25) is 0 Å². The molecular formula is C22H26F3N3O2S2. The zero-order valence-corrected chi connectivity index (χ0v) is 20.0. The number of benzene rings is 2. The second-order valence-electron chi connectivity index (χ2n) is 7.58. The van der Waals surface area contributed by atoms with Crippen LogP contribution in [0.5, 0.6) is 0 Å². The molecule has 0 N–H and O–H groups in total. The average Bonchev–Trinajstić information content (AvgIpc) is 3.10. The molecule has 3 aromatic rings. The number of hydrogen-bond donors (Lipinski definition) is 0. The number of hydrogen-bond acceptors (Lipinski definition) is 4. The van der Waals surface area contributed by atoms with Gasteiger partial charge < -0.3 is 4.57 Å². The van der Waals surface area contributed by atoms with Crippen LogP contribution in [0.4, 0.5) is 13.2 Å². The molecule has 0 unspecified atom stereocenters. The number of sulfonamides is 1. The minimum atomic E-state index is -4.39. The first-order valence-corrected chi connectivity index (χ1v) is 12.7. The summed E-state index contributed by atoms with van der Waals surface area (Å²) >= 11 is 1.33. The van der Waals surface area contributed by atoms with Crippen LogP contribution in [-0.2, 0) is 22.0 Å². The summed E-state index contributed by atoms with van der Waals surface area (Å²) in [6.07, 6.45) is -4.39. The van der Waals surface area contributed by atoms with Crippen molar-refractivity contribution in [3.63, 3.8) is 0 Å². The third-order valence-corrected chi connectivity index (χ3v) is 8.18. The fourth-order valence-electron chi connectivity index (χ4n) is 3.52. The third-order valence-electron chi connectivity index (χ3n) is 5.11. The number of thioether (sulfide) groups is 1. The minimum absolute atomic E-state index is 0.0363. The summed E-state index contributed by atoms with van der Waals surface area (Å²) in [6.45, 7) is 8.28. The third kappa shape index (κ3) is 4.97. The van der Waals surface area contributed by atoms with E-state index in [1.165, 1.54) is 22.1 Å². The molecule has 0 aliphatic carbocycles. The van der Waals surface area contributed by atoms with Gasteiger partial charge in [0, 0.05) is 24.9 Å². The summed E-state index contributed by atoms with van der Waals surface area (Å²) in [5, 5.41) is 0.629. The van der Waals surface area contributed by atoms with Crippen LogP contribution in [0.3, 0.4) is 0 Å². The molecule has 1 heterocycles. The lowest BCUT2D eigenvalue weighted by atomic mass is 10.1. The molecule has 0 radical (unpaired) electrons. The molecule has 0 fully saturated rings. The SMILES string of the molecule is CCN(CC)S(=O)(=O)c1ccc2c(c1)nc(SCc1cccc(C(F)(F)F)c1)n2C(C)C. The van der Waals surface area contributed by atoms with Crippen molar-refractivity contribution in [2.45, 2.75) is 55.7 Å². The average molecular weight is 486 g/mol. The van der Waals surface area contributed by atoms with E-state index in [1.807, 2.05) is 18.4 Å². The lowest BCUT2D eigenvalue weighted by Crippen LogP contribution is -2.30. The quantitative estimate of drug-likeness (QED) is 0.370. The Kier molecular flexibility index (Phi) is 7.26. The van der Waals surface area contributed by atoms with E-state index < -0.39 is 21.8 Å². The second kappa shape index (κ2) is 9.44. The summed E-state index contributed by atoms with van der Waals surface area (Å²) in [5.41, 5.74) is 1.18. The summed E-state index contributed by atoms with van der Waals surface area (Å²) in [6, 6.07) is 10.2. The topological polar surface area (TPSA) is 55.2 Å². The highest BCUT2D eigenvalue weighted by molar-refractivity contribution is 7.98. The van der Waals surface area contributed by atoms with Crippen molar-refractivity contribution in [2.75, 3.05) is 13.1 Å². The van der Waals surface area contributed by atoms with Gasteiger partial charge in [0.2, 0.25) is 10.0 Å². The Balaban J connectivity index is 1.96. The highest BCUT2D eigenvalue weighted by Crippen LogP contribution is 2.33. The molecule has 0 bridgehead atoms. The molecule has 0 aliphatic heterocycles. The van der Waals surface area contributed by atoms with E-state index in [-0.39, 0.29) is 10.9 Å². The molecule has 0 spiro atoms. The van der Waals surface area contributed by atoms with E-state index >= 15 is 0 Å². The minimum Gasteiger partial charge on any atom is -0.316 e. The van der Waals surface area contributed by atoms with Crippen LogP contribution in [0, 0.1) is 0 Å². The lowest BCUT2D eigenvalue weighted by Gasteiger charge is -2.18. The molecule has 0 atom stereocenters. The van der Waals surface area contributed by atoms with Gasteiger partial charge in [0.15, 0.2) is 5.16 Å². The van der Waals surface area contributed by atoms with E-state index in [2.05, 4.69) is 4.98 Å². The van der Waals surface area contributed by atoms with Crippen molar-refractivity contribution < 1.29 is 21.6 Å². The highest BCUT2D eigenvalue weighted by Gasteiger charge is 2.30. The first kappa shape index (κ1) is 24.6. The zero-order chi connectivity index (χ0) is 23.7. The molecule has 0 saturated heterocycles. The Bertz CT molecular complexity index is 1200. The van der Waals surface area contributed by atoms with Crippen LogP contribution in [0.25, 0.3) is 11.0 Å². The predicted octanol–water partition coefficient (Wildman–Crippen LogP) is 5.96. The van der Waals surface area contributed by atoms with E-state index in [4.69, 9.17) is 0 Å². The summed E-state index contributed by atoms with van der Waals surface area (Å²) in [5.74, 6) is 0.310. The Morgan fingerprint density at radius 1 is 1.09 bits per heavy atom. The van der Waals surface area contributed by atoms with Crippen molar-refractivity contribution in [1.29, 1.82) is 0 Å². The van der Waals surface area contributed by atoms with Crippen LogP contribution in [-0.4, -0.2) is 35.4 Å². The maximum Gasteiger partial charge on any atom is 0.416 e. The Labute approximate surface area is 190 Å². The number of fused-ring (bicyclic) bond motifs is 1. The van der Waals surface area contributed by atoms with E-state index in [0.29, 0.717) is 35.1 Å². The van der Waals surface area contributed by atoms with E-state index in [1.54, 1.807) is 38.1 Å². The lowest BCUT2D eigenvalue weighted by molar-refractivity contribution is -0.137. The standard InChI is InChI=1S/C22H26F3N3O2S2/c1-5-27(6-2)32(29,30)18-10-11-20-19(13-18)26-21(28(20)15(3)4)31-14-16-8-7-9-17(12-16)22(23,24)25/h7-13,15H,5-6,14H2,1-4H3. The van der Waals surface area contributed by atoms with Crippen LogP contribution in [0.1, 0.15) is 44.9 Å².